The Morgan fingerprint density at radius 1 is 1.42 bits per heavy atom. The molecular weight excluding hydrogens is 336 g/mol. The SMILES string of the molecule is C=CCn1nc(C)c(C(=O)N2C[C@@H](CC(=O)O)[C@@H](c3cn[nH]n3)C2)c1C. The van der Waals surface area contributed by atoms with Gasteiger partial charge in [0.15, 0.2) is 0 Å². The van der Waals surface area contributed by atoms with Crippen molar-refractivity contribution in [2.75, 3.05) is 13.1 Å². The third-order valence-electron chi connectivity index (χ3n) is 4.88. The van der Waals surface area contributed by atoms with Crippen molar-refractivity contribution in [3.63, 3.8) is 0 Å². The summed E-state index contributed by atoms with van der Waals surface area (Å²) in [5, 5.41) is 24.1. The second-order valence-corrected chi connectivity index (χ2v) is 6.59. The average molecular weight is 358 g/mol. The third kappa shape index (κ3) is 3.24. The largest absolute Gasteiger partial charge is 0.481 e. The molecule has 1 fully saturated rings. The Morgan fingerprint density at radius 2 is 2.19 bits per heavy atom. The van der Waals surface area contributed by atoms with E-state index in [0.29, 0.717) is 36.6 Å². The van der Waals surface area contributed by atoms with Crippen LogP contribution in [0.3, 0.4) is 0 Å². The number of carboxylic acids is 1. The molecule has 0 saturated carbocycles. The van der Waals surface area contributed by atoms with Gasteiger partial charge in [-0.3, -0.25) is 14.3 Å². The molecule has 1 aliphatic rings. The van der Waals surface area contributed by atoms with E-state index in [4.69, 9.17) is 0 Å². The highest BCUT2D eigenvalue weighted by Crippen LogP contribution is 2.34. The summed E-state index contributed by atoms with van der Waals surface area (Å²) in [6.07, 6.45) is 3.30. The van der Waals surface area contributed by atoms with Crippen molar-refractivity contribution in [2.24, 2.45) is 5.92 Å². The van der Waals surface area contributed by atoms with Crippen molar-refractivity contribution >= 4 is 11.9 Å². The van der Waals surface area contributed by atoms with Gasteiger partial charge in [0.05, 0.1) is 36.1 Å². The van der Waals surface area contributed by atoms with Gasteiger partial charge in [0, 0.05) is 24.7 Å². The number of nitrogens with one attached hydrogen (secondary N) is 1. The van der Waals surface area contributed by atoms with E-state index in [1.165, 1.54) is 0 Å². The topological polar surface area (TPSA) is 117 Å². The van der Waals surface area contributed by atoms with Crippen LogP contribution in [0, 0.1) is 19.8 Å². The Morgan fingerprint density at radius 3 is 2.81 bits per heavy atom. The number of hydrogen-bond donors (Lipinski definition) is 2. The average Bonchev–Trinajstić information content (AvgIpc) is 3.27. The predicted octanol–water partition coefficient (Wildman–Crippen LogP) is 1.13. The van der Waals surface area contributed by atoms with Gasteiger partial charge in [-0.15, -0.1) is 6.58 Å². The van der Waals surface area contributed by atoms with Gasteiger partial charge >= 0.3 is 5.97 Å². The van der Waals surface area contributed by atoms with Crippen molar-refractivity contribution in [1.29, 1.82) is 0 Å². The van der Waals surface area contributed by atoms with Gasteiger partial charge in [-0.25, -0.2) is 0 Å². The minimum Gasteiger partial charge on any atom is -0.481 e. The number of carboxylic acid groups (broad SMARTS) is 1. The number of aromatic nitrogens is 5. The van der Waals surface area contributed by atoms with E-state index in [1.807, 2.05) is 6.92 Å². The number of H-pyrrole nitrogens is 1. The fraction of sp³-hybridized carbons (Fsp3) is 0.471. The number of allylic oxidation sites excluding steroid dienone is 1. The highest BCUT2D eigenvalue weighted by molar-refractivity contribution is 5.96. The summed E-state index contributed by atoms with van der Waals surface area (Å²) in [5.74, 6) is -1.37. The van der Waals surface area contributed by atoms with E-state index in [2.05, 4.69) is 27.1 Å². The number of nitrogens with zero attached hydrogens (tertiary/aromatic N) is 5. The molecule has 1 amide bonds. The standard InChI is InChI=1S/C17H22N6O3/c1-4-5-23-11(3)16(10(2)20-23)17(26)22-8-12(6-15(24)25)13(9-22)14-7-18-21-19-14/h4,7,12-13H,1,5-6,8-9H2,2-3H3,(H,24,25)(H,18,19,21)/t12-,13+/m1/s1. The summed E-state index contributed by atoms with van der Waals surface area (Å²) in [7, 11) is 0. The molecule has 2 aromatic rings. The molecule has 3 rings (SSSR count). The molecule has 0 radical (unpaired) electrons. The Kier molecular flexibility index (Phi) is 4.88. The summed E-state index contributed by atoms with van der Waals surface area (Å²) < 4.78 is 1.75. The lowest BCUT2D eigenvalue weighted by molar-refractivity contribution is -0.138. The Hall–Kier alpha value is -2.97. The van der Waals surface area contributed by atoms with Crippen molar-refractivity contribution in [3.8, 4) is 0 Å². The second kappa shape index (κ2) is 7.11. The van der Waals surface area contributed by atoms with Gasteiger partial charge in [0.25, 0.3) is 5.91 Å². The summed E-state index contributed by atoms with van der Waals surface area (Å²) >= 11 is 0. The maximum absolute atomic E-state index is 13.1. The highest BCUT2D eigenvalue weighted by Gasteiger charge is 2.39. The van der Waals surface area contributed by atoms with Crippen LogP contribution in [0.15, 0.2) is 18.9 Å². The fourth-order valence-electron chi connectivity index (χ4n) is 3.66. The van der Waals surface area contributed by atoms with E-state index in [0.717, 1.165) is 5.69 Å². The summed E-state index contributed by atoms with van der Waals surface area (Å²) in [5.41, 5.74) is 2.70. The second-order valence-electron chi connectivity index (χ2n) is 6.59. The number of rotatable bonds is 6. The van der Waals surface area contributed by atoms with E-state index in [1.54, 1.807) is 28.8 Å². The zero-order chi connectivity index (χ0) is 18.8. The first-order chi connectivity index (χ1) is 12.4. The fourth-order valence-corrected chi connectivity index (χ4v) is 3.66. The number of likely N-dealkylation sites (tertiary alicyclic amines) is 1. The number of aryl methyl sites for hydroxylation is 1. The van der Waals surface area contributed by atoms with E-state index < -0.39 is 5.97 Å². The molecule has 1 saturated heterocycles. The van der Waals surface area contributed by atoms with Crippen LogP contribution in [-0.4, -0.2) is 60.2 Å². The molecule has 9 heteroatoms. The first-order valence-electron chi connectivity index (χ1n) is 8.44. The summed E-state index contributed by atoms with van der Waals surface area (Å²) in [6, 6.07) is 0. The summed E-state index contributed by atoms with van der Waals surface area (Å²) in [6.45, 7) is 8.68. The molecule has 0 aromatic carbocycles. The summed E-state index contributed by atoms with van der Waals surface area (Å²) in [4.78, 5) is 26.0. The van der Waals surface area contributed by atoms with Crippen LogP contribution in [0.2, 0.25) is 0 Å². The molecule has 138 valence electrons. The van der Waals surface area contributed by atoms with Crippen molar-refractivity contribution in [1.82, 2.24) is 30.1 Å². The van der Waals surface area contributed by atoms with Gasteiger partial charge < -0.3 is 10.0 Å². The van der Waals surface area contributed by atoms with Crippen LogP contribution < -0.4 is 0 Å². The maximum atomic E-state index is 13.1. The number of aromatic amines is 1. The third-order valence-corrected chi connectivity index (χ3v) is 4.88. The molecule has 2 aromatic heterocycles. The lowest BCUT2D eigenvalue weighted by Crippen LogP contribution is -2.30. The maximum Gasteiger partial charge on any atom is 0.303 e. The minimum absolute atomic E-state index is 0.0189. The normalized spacial score (nSPS) is 19.7. The predicted molar refractivity (Wildman–Crippen MR) is 92.7 cm³/mol. The first-order valence-corrected chi connectivity index (χ1v) is 8.44. The van der Waals surface area contributed by atoms with Crippen LogP contribution in [0.1, 0.15) is 39.8 Å². The number of hydrogen-bond acceptors (Lipinski definition) is 5. The van der Waals surface area contributed by atoms with E-state index in [-0.39, 0.29) is 24.2 Å². The molecule has 9 nitrogen and oxygen atoms in total. The molecule has 2 atom stereocenters. The van der Waals surface area contributed by atoms with Crippen molar-refractivity contribution in [3.05, 3.63) is 41.5 Å². The highest BCUT2D eigenvalue weighted by atomic mass is 16.4. The first kappa shape index (κ1) is 17.8. The number of amides is 1. The van der Waals surface area contributed by atoms with Crippen LogP contribution in [-0.2, 0) is 11.3 Å². The number of carbonyl (C=O) groups is 2. The van der Waals surface area contributed by atoms with Gasteiger partial charge in [0.1, 0.15) is 0 Å². The minimum atomic E-state index is -0.885. The molecule has 2 N–H and O–H groups in total. The zero-order valence-electron chi connectivity index (χ0n) is 14.8. The Labute approximate surface area is 150 Å². The van der Waals surface area contributed by atoms with Gasteiger partial charge in [-0.2, -0.15) is 20.5 Å². The lowest BCUT2D eigenvalue weighted by atomic mass is 9.91. The number of aliphatic carboxylic acids is 1. The molecule has 0 bridgehead atoms. The number of carbonyl (C=O) groups excluding carboxylic acids is 1. The van der Waals surface area contributed by atoms with Crippen molar-refractivity contribution < 1.29 is 14.7 Å². The van der Waals surface area contributed by atoms with Crippen LogP contribution >= 0.6 is 0 Å². The quantitative estimate of drug-likeness (QED) is 0.748. The molecular formula is C17H22N6O3. The monoisotopic (exact) mass is 358 g/mol. The van der Waals surface area contributed by atoms with E-state index in [9.17, 15) is 14.7 Å². The molecule has 26 heavy (non-hydrogen) atoms. The molecule has 0 unspecified atom stereocenters. The molecule has 3 heterocycles. The molecule has 0 aliphatic carbocycles. The zero-order valence-corrected chi connectivity index (χ0v) is 14.8. The molecule has 0 spiro atoms. The van der Waals surface area contributed by atoms with Crippen LogP contribution in [0.4, 0.5) is 0 Å². The van der Waals surface area contributed by atoms with Gasteiger partial charge in [-0.1, -0.05) is 6.08 Å². The Balaban J connectivity index is 1.86. The smallest absolute Gasteiger partial charge is 0.303 e. The van der Waals surface area contributed by atoms with Crippen molar-refractivity contribution in [2.45, 2.75) is 32.7 Å². The van der Waals surface area contributed by atoms with Crippen LogP contribution in [0.25, 0.3) is 0 Å². The van der Waals surface area contributed by atoms with E-state index >= 15 is 0 Å². The van der Waals surface area contributed by atoms with Gasteiger partial charge in [-0.05, 0) is 19.8 Å². The van der Waals surface area contributed by atoms with Gasteiger partial charge in [0.2, 0.25) is 0 Å². The lowest BCUT2D eigenvalue weighted by Gasteiger charge is -2.16. The Bertz CT molecular complexity index is 826. The molecule has 1 aliphatic heterocycles. The van der Waals surface area contributed by atoms with Crippen LogP contribution in [0.5, 0.6) is 0 Å².